The molecule has 2 N–H and O–H groups in total. The molecule has 3 aromatic carbocycles. The van der Waals surface area contributed by atoms with E-state index in [4.69, 9.17) is 4.74 Å². The van der Waals surface area contributed by atoms with Crippen molar-refractivity contribution in [1.29, 1.82) is 0 Å². The molecule has 1 aromatic heterocycles. The summed E-state index contributed by atoms with van der Waals surface area (Å²) in [4.78, 5) is 57.9. The number of carbonyl (C=O) groups excluding carboxylic acids is 4. The number of nitrogens with one attached hydrogen (secondary N) is 1. The number of phenols is 1. The molecule has 0 saturated carbocycles. The van der Waals surface area contributed by atoms with Crippen LogP contribution in [0.3, 0.4) is 0 Å². The van der Waals surface area contributed by atoms with Crippen LogP contribution in [0.4, 0.5) is 4.79 Å². The third-order valence-corrected chi connectivity index (χ3v) is 8.59. The van der Waals surface area contributed by atoms with E-state index in [1.807, 2.05) is 36.4 Å². The Morgan fingerprint density at radius 2 is 1.82 bits per heavy atom. The number of ether oxygens (including phenoxy) is 1. The minimum Gasteiger partial charge on any atom is -0.508 e. The number of para-hydroxylation sites is 1. The zero-order valence-electron chi connectivity index (χ0n) is 27.1. The first-order chi connectivity index (χ1) is 23.8. The molecule has 4 aromatic rings. The van der Waals surface area contributed by atoms with Crippen LogP contribution in [0, 0.1) is 0 Å². The van der Waals surface area contributed by atoms with E-state index in [0.29, 0.717) is 16.6 Å². The highest BCUT2D eigenvalue weighted by Gasteiger charge is 2.51. The fraction of sp³-hybridized carbons (Fsp3) is 0.314. The summed E-state index contributed by atoms with van der Waals surface area (Å²) in [5, 5.41) is 24.4. The molecule has 2 aliphatic heterocycles. The Morgan fingerprint density at radius 3 is 2.55 bits per heavy atom. The maximum atomic E-state index is 14.4. The first-order valence-corrected chi connectivity index (χ1v) is 16.1. The molecular formula is C35H38N8O6. The molecule has 254 valence electrons. The van der Waals surface area contributed by atoms with Gasteiger partial charge in [0.25, 0.3) is 0 Å². The van der Waals surface area contributed by atoms with Gasteiger partial charge in [-0.3, -0.25) is 14.4 Å². The van der Waals surface area contributed by atoms with Crippen LogP contribution in [-0.4, -0.2) is 102 Å². The van der Waals surface area contributed by atoms with E-state index >= 15 is 0 Å². The SMILES string of the molecule is C=CCN1CC(=O)N2[C@@H](Cc3ccc(O)cc3)C(=O)N(Cc3cccc4nnn(CC(=O)OCC)c34)C[C@@H]2N1C(=O)NCc1ccccc1. The van der Waals surface area contributed by atoms with Crippen LogP contribution in [0.15, 0.2) is 85.5 Å². The molecular weight excluding hydrogens is 628 g/mol. The van der Waals surface area contributed by atoms with Crippen LogP contribution >= 0.6 is 0 Å². The third-order valence-electron chi connectivity index (χ3n) is 8.59. The molecule has 2 fully saturated rings. The second-order valence-electron chi connectivity index (χ2n) is 11.8. The largest absolute Gasteiger partial charge is 0.508 e. The highest BCUT2D eigenvalue weighted by molar-refractivity contribution is 5.92. The number of hydrogen-bond donors (Lipinski definition) is 2. The van der Waals surface area contributed by atoms with Gasteiger partial charge in [0.05, 0.1) is 25.2 Å². The number of urea groups is 1. The van der Waals surface area contributed by atoms with Gasteiger partial charge >= 0.3 is 12.0 Å². The molecule has 3 heterocycles. The van der Waals surface area contributed by atoms with Crippen molar-refractivity contribution in [2.75, 3.05) is 26.2 Å². The first-order valence-electron chi connectivity index (χ1n) is 16.1. The Hall–Kier alpha value is -5.76. The topological polar surface area (TPSA) is 153 Å². The normalized spacial score (nSPS) is 18.0. The standard InChI is InChI=1S/C35H38N8O6/c1-3-17-40-22-31(45)42-29(18-24-13-15-27(44)16-14-24)34(47)39(21-30(42)43(40)35(48)36-19-25-9-6-5-7-10-25)20-26-11-8-12-28-33(26)41(38-37-28)23-32(46)49-4-2/h3,5-16,29-30,44H,1,4,17-23H2,2H3,(H,36,48)/t29-,30-/m0/s1. The number of aromatic nitrogens is 3. The highest BCUT2D eigenvalue weighted by atomic mass is 16.5. The Balaban J connectivity index is 1.37. The summed E-state index contributed by atoms with van der Waals surface area (Å²) in [6, 6.07) is 20.0. The van der Waals surface area contributed by atoms with Gasteiger partial charge in [-0.25, -0.2) is 19.5 Å². The van der Waals surface area contributed by atoms with E-state index in [0.717, 1.165) is 11.1 Å². The molecule has 49 heavy (non-hydrogen) atoms. The predicted molar refractivity (Wildman–Crippen MR) is 178 cm³/mol. The van der Waals surface area contributed by atoms with E-state index < -0.39 is 24.2 Å². The molecule has 14 heteroatoms. The molecule has 4 amide bonds. The van der Waals surface area contributed by atoms with Gasteiger partial charge in [0.15, 0.2) is 0 Å². The Morgan fingerprint density at radius 1 is 1.04 bits per heavy atom. The number of nitrogens with zero attached hydrogens (tertiary/aromatic N) is 7. The van der Waals surface area contributed by atoms with Crippen molar-refractivity contribution < 1.29 is 29.0 Å². The van der Waals surface area contributed by atoms with E-state index in [1.165, 1.54) is 26.7 Å². The number of esters is 1. The van der Waals surface area contributed by atoms with Crippen molar-refractivity contribution in [3.8, 4) is 5.75 Å². The van der Waals surface area contributed by atoms with Gasteiger partial charge in [0, 0.05) is 26.1 Å². The van der Waals surface area contributed by atoms with E-state index in [-0.39, 0.29) is 69.9 Å². The van der Waals surface area contributed by atoms with E-state index in [2.05, 4.69) is 22.2 Å². The summed E-state index contributed by atoms with van der Waals surface area (Å²) >= 11 is 0. The Bertz CT molecular complexity index is 1850. The van der Waals surface area contributed by atoms with Gasteiger partial charge in [-0.2, -0.15) is 0 Å². The number of fused-ring (bicyclic) bond motifs is 2. The predicted octanol–water partition coefficient (Wildman–Crippen LogP) is 2.44. The number of piperazine rings is 1. The van der Waals surface area contributed by atoms with Crippen molar-refractivity contribution in [2.45, 2.75) is 45.2 Å². The first kappa shape index (κ1) is 33.2. The van der Waals surface area contributed by atoms with Crippen molar-refractivity contribution in [2.24, 2.45) is 0 Å². The van der Waals surface area contributed by atoms with Gasteiger partial charge < -0.3 is 25.0 Å². The second-order valence-corrected chi connectivity index (χ2v) is 11.8. The van der Waals surface area contributed by atoms with Crippen LogP contribution in [-0.2, 0) is 45.2 Å². The lowest BCUT2D eigenvalue weighted by atomic mass is 9.98. The van der Waals surface area contributed by atoms with Crippen molar-refractivity contribution >= 4 is 34.8 Å². The quantitative estimate of drug-likeness (QED) is 0.182. The number of amides is 4. The van der Waals surface area contributed by atoms with E-state index in [1.54, 1.807) is 47.2 Å². The maximum Gasteiger partial charge on any atom is 0.334 e. The number of benzene rings is 3. The lowest BCUT2D eigenvalue weighted by Gasteiger charge is -2.55. The molecule has 0 bridgehead atoms. The van der Waals surface area contributed by atoms with Crippen molar-refractivity contribution in [1.82, 2.24) is 40.1 Å². The molecule has 0 aliphatic carbocycles. The van der Waals surface area contributed by atoms with Gasteiger partial charge in [-0.05, 0) is 41.8 Å². The number of rotatable bonds is 11. The average Bonchev–Trinajstić information content (AvgIpc) is 3.50. The lowest BCUT2D eigenvalue weighted by molar-refractivity contribution is -0.189. The van der Waals surface area contributed by atoms with Gasteiger partial charge in [-0.1, -0.05) is 65.9 Å². The van der Waals surface area contributed by atoms with Gasteiger partial charge in [-0.15, -0.1) is 11.7 Å². The molecule has 0 radical (unpaired) electrons. The van der Waals surface area contributed by atoms with E-state index in [9.17, 15) is 24.3 Å². The number of hydrogen-bond acceptors (Lipinski definition) is 9. The fourth-order valence-electron chi connectivity index (χ4n) is 6.43. The average molecular weight is 667 g/mol. The highest BCUT2D eigenvalue weighted by Crippen LogP contribution is 2.30. The summed E-state index contributed by atoms with van der Waals surface area (Å²) in [5.74, 6) is -0.992. The van der Waals surface area contributed by atoms with Crippen molar-refractivity contribution in [3.63, 3.8) is 0 Å². The minimum absolute atomic E-state index is 0.0128. The third kappa shape index (κ3) is 7.09. The molecule has 2 aliphatic rings. The fourth-order valence-corrected chi connectivity index (χ4v) is 6.43. The summed E-state index contributed by atoms with van der Waals surface area (Å²) in [6.45, 7) is 6.09. The lowest BCUT2D eigenvalue weighted by Crippen LogP contribution is -2.76. The number of phenolic OH excluding ortho intramolecular Hbond substituents is 1. The Kier molecular flexibility index (Phi) is 9.85. The van der Waals surface area contributed by atoms with Crippen molar-refractivity contribution in [3.05, 3.63) is 102 Å². The van der Waals surface area contributed by atoms with Crippen LogP contribution in [0.25, 0.3) is 11.0 Å². The number of carbonyl (C=O) groups is 4. The smallest absolute Gasteiger partial charge is 0.334 e. The van der Waals surface area contributed by atoms with Crippen LogP contribution in [0.1, 0.15) is 23.6 Å². The summed E-state index contributed by atoms with van der Waals surface area (Å²) in [7, 11) is 0. The Labute approximate surface area is 283 Å². The summed E-state index contributed by atoms with van der Waals surface area (Å²) in [5.41, 5.74) is 3.44. The summed E-state index contributed by atoms with van der Waals surface area (Å²) in [6.07, 6.45) is 0.933. The summed E-state index contributed by atoms with van der Waals surface area (Å²) < 4.78 is 6.59. The molecule has 6 rings (SSSR count). The number of hydrazine groups is 1. The molecule has 2 atom stereocenters. The van der Waals surface area contributed by atoms with Crippen LogP contribution in [0.2, 0.25) is 0 Å². The second kappa shape index (κ2) is 14.6. The number of aromatic hydroxyl groups is 1. The minimum atomic E-state index is -0.951. The van der Waals surface area contributed by atoms with Gasteiger partial charge in [0.2, 0.25) is 11.8 Å². The molecule has 14 nitrogen and oxygen atoms in total. The van der Waals surface area contributed by atoms with Crippen LogP contribution < -0.4 is 5.32 Å². The molecule has 0 unspecified atom stereocenters. The zero-order chi connectivity index (χ0) is 34.5. The molecule has 0 spiro atoms. The molecule has 2 saturated heterocycles. The zero-order valence-corrected chi connectivity index (χ0v) is 27.1. The monoisotopic (exact) mass is 666 g/mol. The van der Waals surface area contributed by atoms with Crippen LogP contribution in [0.5, 0.6) is 5.75 Å². The van der Waals surface area contributed by atoms with Gasteiger partial charge in [0.1, 0.15) is 30.0 Å². The maximum absolute atomic E-state index is 14.4.